The van der Waals surface area contributed by atoms with Crippen LogP contribution in [0.2, 0.25) is 0 Å². The minimum absolute atomic E-state index is 0.306. The normalized spacial score (nSPS) is 24.2. The van der Waals surface area contributed by atoms with Gasteiger partial charge in [-0.3, -0.25) is 0 Å². The first-order valence-electron chi connectivity index (χ1n) is 10.7. The molecule has 2 aliphatic carbocycles. The maximum Gasteiger partial charge on any atom is -0.00408 e. The Hall–Kier alpha value is -0.780. The van der Waals surface area contributed by atoms with E-state index in [2.05, 4.69) is 68.4 Å². The van der Waals surface area contributed by atoms with E-state index in [0.29, 0.717) is 21.7 Å². The summed E-state index contributed by atoms with van der Waals surface area (Å²) in [4.78, 5) is 0. The topological polar surface area (TPSA) is 0 Å². The molecular formula is C25H40. The second kappa shape index (κ2) is 5.61. The van der Waals surface area contributed by atoms with Crippen molar-refractivity contribution in [1.82, 2.24) is 0 Å². The van der Waals surface area contributed by atoms with Crippen LogP contribution in [0.5, 0.6) is 0 Å². The van der Waals surface area contributed by atoms with Crippen LogP contribution < -0.4 is 0 Å². The average Bonchev–Trinajstić information content (AvgIpc) is 2.94. The Kier molecular flexibility index (Phi) is 4.26. The number of hydrogen-bond acceptors (Lipinski definition) is 0. The largest absolute Gasteiger partial charge is 0.0645 e. The molecule has 0 spiro atoms. The maximum atomic E-state index is 2.71. The molecule has 0 aromatic heterocycles. The zero-order chi connectivity index (χ0) is 18.8. The Morgan fingerprint density at radius 2 is 1.00 bits per heavy atom. The predicted octanol–water partition coefficient (Wildman–Crippen LogP) is 7.47. The Balaban J connectivity index is 2.41. The van der Waals surface area contributed by atoms with Gasteiger partial charge in [-0.2, -0.15) is 0 Å². The molecule has 0 aliphatic heterocycles. The highest BCUT2D eigenvalue weighted by molar-refractivity contribution is 5.61. The third-order valence-electron chi connectivity index (χ3n) is 8.34. The highest BCUT2D eigenvalue weighted by Gasteiger charge is 2.52. The van der Waals surface area contributed by atoms with Gasteiger partial charge in [-0.25, -0.2) is 0 Å². The summed E-state index contributed by atoms with van der Waals surface area (Å²) >= 11 is 0. The molecule has 140 valence electrons. The summed E-state index contributed by atoms with van der Waals surface area (Å²) in [5.41, 5.74) is 9.84. The lowest BCUT2D eigenvalue weighted by Crippen LogP contribution is -2.25. The van der Waals surface area contributed by atoms with Gasteiger partial charge in [0.05, 0.1) is 0 Å². The maximum absolute atomic E-state index is 2.71. The second-order valence-electron chi connectivity index (χ2n) is 10.4. The van der Waals surface area contributed by atoms with Gasteiger partial charge in [-0.05, 0) is 94.9 Å². The van der Waals surface area contributed by atoms with Crippen molar-refractivity contribution in [2.75, 3.05) is 0 Å². The highest BCUT2D eigenvalue weighted by atomic mass is 14.6. The van der Waals surface area contributed by atoms with Crippen LogP contribution in [0.4, 0.5) is 0 Å². The third kappa shape index (κ3) is 2.31. The molecule has 0 heteroatoms. The van der Waals surface area contributed by atoms with Crippen molar-refractivity contribution in [3.05, 3.63) is 33.9 Å². The van der Waals surface area contributed by atoms with Crippen molar-refractivity contribution in [1.29, 1.82) is 0 Å². The van der Waals surface area contributed by atoms with E-state index >= 15 is 0 Å². The number of benzene rings is 1. The fourth-order valence-electron chi connectivity index (χ4n) is 7.22. The van der Waals surface area contributed by atoms with Crippen LogP contribution in [0.15, 0.2) is 6.07 Å². The van der Waals surface area contributed by atoms with Crippen LogP contribution >= 0.6 is 0 Å². The molecule has 0 bridgehead atoms. The minimum atomic E-state index is 0.306. The lowest BCUT2D eigenvalue weighted by Gasteiger charge is -2.32. The molecule has 0 atom stereocenters. The predicted molar refractivity (Wildman–Crippen MR) is 111 cm³/mol. The average molecular weight is 341 g/mol. The van der Waals surface area contributed by atoms with Crippen molar-refractivity contribution in [2.45, 2.75) is 122 Å². The van der Waals surface area contributed by atoms with Crippen molar-refractivity contribution < 1.29 is 0 Å². The van der Waals surface area contributed by atoms with E-state index in [4.69, 9.17) is 0 Å². The van der Waals surface area contributed by atoms with E-state index in [-0.39, 0.29) is 0 Å². The number of hydrogen-bond donors (Lipinski definition) is 0. The molecule has 25 heavy (non-hydrogen) atoms. The molecule has 0 radical (unpaired) electrons. The van der Waals surface area contributed by atoms with Gasteiger partial charge in [0.25, 0.3) is 0 Å². The first kappa shape index (κ1) is 19.0. The van der Waals surface area contributed by atoms with Gasteiger partial charge in [-0.1, -0.05) is 61.5 Å². The summed E-state index contributed by atoms with van der Waals surface area (Å²) in [5, 5.41) is 0. The Morgan fingerprint density at radius 3 is 1.28 bits per heavy atom. The molecule has 1 aromatic rings. The summed E-state index contributed by atoms with van der Waals surface area (Å²) < 4.78 is 0. The fourth-order valence-corrected chi connectivity index (χ4v) is 7.22. The molecule has 0 heterocycles. The van der Waals surface area contributed by atoms with Crippen LogP contribution in [0.25, 0.3) is 0 Å². The van der Waals surface area contributed by atoms with Crippen LogP contribution in [0.3, 0.4) is 0 Å². The van der Waals surface area contributed by atoms with Gasteiger partial charge < -0.3 is 0 Å². The van der Waals surface area contributed by atoms with E-state index in [1.165, 1.54) is 38.5 Å². The fraction of sp³-hybridized carbons (Fsp3) is 0.760. The van der Waals surface area contributed by atoms with E-state index in [9.17, 15) is 0 Å². The van der Waals surface area contributed by atoms with E-state index in [1.54, 1.807) is 27.8 Å². The number of rotatable bonds is 4. The third-order valence-corrected chi connectivity index (χ3v) is 8.34. The standard InChI is InChI=1S/C25H40/c1-10-24(11-2)15-22(6,7)20-17(5)21-19(14-18(20)24)25(12-3,13-4)16-23(21,8)9/h14H,10-13,15-16H2,1-9H3. The smallest absolute Gasteiger partial charge is 0.00408 e. The van der Waals surface area contributed by atoms with Gasteiger partial charge in [-0.15, -0.1) is 0 Å². The summed E-state index contributed by atoms with van der Waals surface area (Å²) in [6.45, 7) is 22.1. The molecule has 0 N–H and O–H groups in total. The van der Waals surface area contributed by atoms with Crippen molar-refractivity contribution in [2.24, 2.45) is 0 Å². The van der Waals surface area contributed by atoms with E-state index < -0.39 is 0 Å². The zero-order valence-electron chi connectivity index (χ0n) is 18.3. The van der Waals surface area contributed by atoms with Gasteiger partial charge in [0.2, 0.25) is 0 Å². The van der Waals surface area contributed by atoms with Gasteiger partial charge >= 0.3 is 0 Å². The molecule has 0 saturated carbocycles. The van der Waals surface area contributed by atoms with Gasteiger partial charge in [0, 0.05) is 0 Å². The van der Waals surface area contributed by atoms with Crippen molar-refractivity contribution in [3.63, 3.8) is 0 Å². The van der Waals surface area contributed by atoms with E-state index in [0.717, 1.165) is 0 Å². The molecule has 0 unspecified atom stereocenters. The first-order chi connectivity index (χ1) is 11.5. The molecular weight excluding hydrogens is 300 g/mol. The minimum Gasteiger partial charge on any atom is -0.0645 e. The van der Waals surface area contributed by atoms with Crippen molar-refractivity contribution in [3.8, 4) is 0 Å². The SMILES string of the molecule is CCC1(CC)CC(C)(C)c2c1cc1c(c2C)C(C)(C)CC1(CC)CC. The van der Waals surface area contributed by atoms with Crippen LogP contribution in [-0.4, -0.2) is 0 Å². The highest BCUT2D eigenvalue weighted by Crippen LogP contribution is 2.61. The first-order valence-corrected chi connectivity index (χ1v) is 10.7. The summed E-state index contributed by atoms with van der Waals surface area (Å²) in [6, 6.07) is 2.71. The molecule has 3 rings (SSSR count). The molecule has 2 aliphatic rings. The molecule has 0 saturated heterocycles. The molecule has 0 amide bonds. The summed E-state index contributed by atoms with van der Waals surface area (Å²) in [6.07, 6.45) is 7.72. The lowest BCUT2D eigenvalue weighted by molar-refractivity contribution is 0.321. The van der Waals surface area contributed by atoms with Gasteiger partial charge in [0.1, 0.15) is 0 Å². The summed E-state index contributed by atoms with van der Waals surface area (Å²) in [5.74, 6) is 0. The zero-order valence-corrected chi connectivity index (χ0v) is 18.3. The van der Waals surface area contributed by atoms with Crippen LogP contribution in [0.1, 0.15) is 122 Å². The monoisotopic (exact) mass is 340 g/mol. The van der Waals surface area contributed by atoms with Crippen LogP contribution in [0, 0.1) is 6.92 Å². The van der Waals surface area contributed by atoms with Crippen LogP contribution in [-0.2, 0) is 21.7 Å². The molecule has 0 fully saturated rings. The lowest BCUT2D eigenvalue weighted by atomic mass is 9.72. The van der Waals surface area contributed by atoms with Gasteiger partial charge in [0.15, 0.2) is 0 Å². The van der Waals surface area contributed by atoms with Crippen molar-refractivity contribution >= 4 is 0 Å². The Bertz CT molecular complexity index is 622. The second-order valence-corrected chi connectivity index (χ2v) is 10.4. The summed E-state index contributed by atoms with van der Waals surface area (Å²) in [7, 11) is 0. The Morgan fingerprint density at radius 1 is 0.680 bits per heavy atom. The van der Waals surface area contributed by atoms with E-state index in [1.807, 2.05) is 0 Å². The Labute approximate surface area is 156 Å². The number of fused-ring (bicyclic) bond motifs is 2. The molecule has 0 nitrogen and oxygen atoms in total. The molecule has 1 aromatic carbocycles. The quantitative estimate of drug-likeness (QED) is 0.533.